The van der Waals surface area contributed by atoms with Crippen LogP contribution >= 0.6 is 39.1 Å². The Kier molecular flexibility index (Phi) is 7.58. The molecule has 0 saturated carbocycles. The highest BCUT2D eigenvalue weighted by Gasteiger charge is 2.52. The Morgan fingerprint density at radius 2 is 1.67 bits per heavy atom. The lowest BCUT2D eigenvalue weighted by Crippen LogP contribution is -2.51. The molecule has 5 rings (SSSR count). The number of hydrogen-bond acceptors (Lipinski definition) is 5. The van der Waals surface area contributed by atoms with Gasteiger partial charge in [-0.3, -0.25) is 14.2 Å². The quantitative estimate of drug-likeness (QED) is 0.379. The SMILES string of the molecule is CCC(=O)N1CCN(S(=O)(=O)c2cnc3n2C(C)(Cc2ccc(Br)cc2)C(=O)N3c2cc(Cl)cc(Cl)c2)CC1. The van der Waals surface area contributed by atoms with E-state index in [2.05, 4.69) is 20.9 Å². The predicted octanol–water partition coefficient (Wildman–Crippen LogP) is 4.83. The van der Waals surface area contributed by atoms with Gasteiger partial charge in [-0.2, -0.15) is 4.31 Å². The molecule has 3 aromatic rings. The van der Waals surface area contributed by atoms with Crippen molar-refractivity contribution in [1.82, 2.24) is 18.8 Å². The van der Waals surface area contributed by atoms with Crippen molar-refractivity contribution >= 4 is 72.6 Å². The summed E-state index contributed by atoms with van der Waals surface area (Å²) in [5.74, 6) is -0.209. The number of benzene rings is 2. The van der Waals surface area contributed by atoms with Gasteiger partial charge in [-0.05, 0) is 42.8 Å². The van der Waals surface area contributed by atoms with Gasteiger partial charge in [-0.15, -0.1) is 0 Å². The van der Waals surface area contributed by atoms with E-state index in [4.69, 9.17) is 23.2 Å². The van der Waals surface area contributed by atoms with Crippen molar-refractivity contribution in [2.75, 3.05) is 31.1 Å². The third-order valence-electron chi connectivity index (χ3n) is 7.13. The number of hydrogen-bond donors (Lipinski definition) is 0. The van der Waals surface area contributed by atoms with Crippen LogP contribution in [-0.4, -0.2) is 65.2 Å². The van der Waals surface area contributed by atoms with E-state index in [1.807, 2.05) is 24.3 Å². The maximum atomic E-state index is 14.2. The number of imidazole rings is 1. The Balaban J connectivity index is 1.60. The number of anilines is 2. The van der Waals surface area contributed by atoms with Crippen LogP contribution in [0.25, 0.3) is 0 Å². The van der Waals surface area contributed by atoms with E-state index in [1.165, 1.54) is 20.0 Å². The Morgan fingerprint density at radius 3 is 2.26 bits per heavy atom. The summed E-state index contributed by atoms with van der Waals surface area (Å²) >= 11 is 15.9. The van der Waals surface area contributed by atoms with Crippen LogP contribution in [0.5, 0.6) is 0 Å². The van der Waals surface area contributed by atoms with E-state index in [1.54, 1.807) is 36.9 Å². The molecule has 0 radical (unpaired) electrons. The number of piperazine rings is 1. The second-order valence-electron chi connectivity index (χ2n) is 9.72. The summed E-state index contributed by atoms with van der Waals surface area (Å²) in [5, 5.41) is 0.575. The number of fused-ring (bicyclic) bond motifs is 1. The molecule has 1 aromatic heterocycles. The molecule has 1 fully saturated rings. The van der Waals surface area contributed by atoms with Gasteiger partial charge < -0.3 is 4.90 Å². The zero-order chi connectivity index (χ0) is 28.1. The van der Waals surface area contributed by atoms with Crippen LogP contribution in [0.1, 0.15) is 25.8 Å². The molecule has 0 N–H and O–H groups in total. The number of aromatic nitrogens is 2. The summed E-state index contributed by atoms with van der Waals surface area (Å²) in [5.41, 5.74) is -0.0918. The third kappa shape index (κ3) is 4.99. The summed E-state index contributed by atoms with van der Waals surface area (Å²) in [6.45, 7) is 4.40. The maximum absolute atomic E-state index is 14.2. The first-order chi connectivity index (χ1) is 18.5. The average molecular weight is 655 g/mol. The van der Waals surface area contributed by atoms with Gasteiger partial charge in [-0.25, -0.2) is 18.3 Å². The lowest BCUT2D eigenvalue weighted by molar-refractivity contribution is -0.132. The molecule has 0 aliphatic carbocycles. The minimum absolute atomic E-state index is 0.0132. The van der Waals surface area contributed by atoms with E-state index in [0.717, 1.165) is 10.0 Å². The number of nitrogens with zero attached hydrogens (tertiary/aromatic N) is 5. The van der Waals surface area contributed by atoms with Crippen LogP contribution in [0.15, 0.2) is 58.2 Å². The number of halogens is 3. The number of sulfonamides is 1. The van der Waals surface area contributed by atoms with Gasteiger partial charge in [0, 0.05) is 53.5 Å². The first kappa shape index (κ1) is 28.1. The summed E-state index contributed by atoms with van der Waals surface area (Å²) in [4.78, 5) is 33.8. The van der Waals surface area contributed by atoms with Crippen molar-refractivity contribution in [3.05, 3.63) is 68.7 Å². The molecule has 13 heteroatoms. The molecule has 1 saturated heterocycles. The lowest BCUT2D eigenvalue weighted by atomic mass is 9.92. The number of carbonyl (C=O) groups is 2. The highest BCUT2D eigenvalue weighted by Crippen LogP contribution is 2.45. The van der Waals surface area contributed by atoms with Crippen molar-refractivity contribution in [2.45, 2.75) is 37.3 Å². The molecule has 2 amide bonds. The fourth-order valence-corrected chi connectivity index (χ4v) is 7.53. The van der Waals surface area contributed by atoms with E-state index in [-0.39, 0.29) is 42.3 Å². The van der Waals surface area contributed by atoms with Crippen LogP contribution in [0.4, 0.5) is 11.6 Å². The van der Waals surface area contributed by atoms with Crippen molar-refractivity contribution in [3.8, 4) is 0 Å². The third-order valence-corrected chi connectivity index (χ3v) is 9.96. The molecule has 2 aromatic carbocycles. The van der Waals surface area contributed by atoms with Gasteiger partial charge in [0.05, 0.1) is 11.9 Å². The summed E-state index contributed by atoms with van der Waals surface area (Å²) in [6, 6.07) is 12.3. The highest BCUT2D eigenvalue weighted by atomic mass is 79.9. The summed E-state index contributed by atoms with van der Waals surface area (Å²) < 4.78 is 31.7. The molecule has 3 heterocycles. The van der Waals surface area contributed by atoms with E-state index < -0.39 is 15.6 Å². The van der Waals surface area contributed by atoms with Gasteiger partial charge in [-0.1, -0.05) is 58.2 Å². The first-order valence-corrected chi connectivity index (χ1v) is 15.4. The number of carbonyl (C=O) groups excluding carboxylic acids is 2. The van der Waals surface area contributed by atoms with Crippen LogP contribution in [-0.2, 0) is 31.6 Å². The zero-order valence-corrected chi connectivity index (χ0v) is 25.2. The number of rotatable bonds is 6. The van der Waals surface area contributed by atoms with Crippen LogP contribution in [0, 0.1) is 0 Å². The summed E-state index contributed by atoms with van der Waals surface area (Å²) in [6.07, 6.45) is 1.87. The van der Waals surface area contributed by atoms with Gasteiger partial charge in [0.15, 0.2) is 5.03 Å². The molecular formula is C26H26BrCl2N5O4S. The molecule has 2 aliphatic rings. The molecule has 39 heavy (non-hydrogen) atoms. The van der Waals surface area contributed by atoms with Gasteiger partial charge in [0.25, 0.3) is 15.9 Å². The topological polar surface area (TPSA) is 95.8 Å². The fourth-order valence-electron chi connectivity index (χ4n) is 5.15. The predicted molar refractivity (Wildman–Crippen MR) is 153 cm³/mol. The van der Waals surface area contributed by atoms with Gasteiger partial charge >= 0.3 is 0 Å². The molecule has 0 spiro atoms. The molecule has 2 aliphatic heterocycles. The van der Waals surface area contributed by atoms with Crippen LogP contribution < -0.4 is 4.90 Å². The minimum Gasteiger partial charge on any atom is -0.340 e. The van der Waals surface area contributed by atoms with E-state index >= 15 is 0 Å². The lowest BCUT2D eigenvalue weighted by Gasteiger charge is -2.34. The Hall–Kier alpha value is -2.44. The number of amides is 2. The van der Waals surface area contributed by atoms with Gasteiger partial charge in [0.2, 0.25) is 11.9 Å². The monoisotopic (exact) mass is 653 g/mol. The molecule has 1 atom stereocenters. The van der Waals surface area contributed by atoms with Crippen molar-refractivity contribution in [3.63, 3.8) is 0 Å². The standard InChI is InChI=1S/C26H26BrCl2N5O4S/c1-3-22(35)31-8-10-32(11-9-31)39(37,38)23-16-30-25-33(21-13-19(28)12-20(29)14-21)24(36)26(2,34(23)25)15-17-4-6-18(27)7-5-17/h4-7,12-14,16H,3,8-11,15H2,1-2H3. The minimum atomic E-state index is -4.06. The Bertz CT molecular complexity index is 1530. The van der Waals surface area contributed by atoms with Gasteiger partial charge in [0.1, 0.15) is 5.54 Å². The first-order valence-electron chi connectivity index (χ1n) is 12.4. The molecule has 9 nitrogen and oxygen atoms in total. The zero-order valence-electron chi connectivity index (χ0n) is 21.3. The molecule has 206 valence electrons. The fraction of sp³-hybridized carbons (Fsp3) is 0.346. The van der Waals surface area contributed by atoms with Crippen molar-refractivity contribution < 1.29 is 18.0 Å². The van der Waals surface area contributed by atoms with Crippen molar-refractivity contribution in [2.24, 2.45) is 0 Å². The second kappa shape index (κ2) is 10.5. The molecular weight excluding hydrogens is 629 g/mol. The highest BCUT2D eigenvalue weighted by molar-refractivity contribution is 9.10. The van der Waals surface area contributed by atoms with Crippen LogP contribution in [0.2, 0.25) is 10.0 Å². The largest absolute Gasteiger partial charge is 0.340 e. The second-order valence-corrected chi connectivity index (χ2v) is 13.4. The van der Waals surface area contributed by atoms with Crippen molar-refractivity contribution in [1.29, 1.82) is 0 Å². The normalized spacial score (nSPS) is 20.0. The maximum Gasteiger partial charge on any atom is 0.260 e. The van der Waals surface area contributed by atoms with Crippen LogP contribution in [0.3, 0.4) is 0 Å². The smallest absolute Gasteiger partial charge is 0.260 e. The molecule has 1 unspecified atom stereocenters. The Labute approximate surface area is 245 Å². The average Bonchev–Trinajstić information content (AvgIpc) is 3.43. The Morgan fingerprint density at radius 1 is 1.05 bits per heavy atom. The summed E-state index contributed by atoms with van der Waals surface area (Å²) in [7, 11) is -4.06. The van der Waals surface area contributed by atoms with E-state index in [9.17, 15) is 18.0 Å². The molecule has 0 bridgehead atoms. The van der Waals surface area contributed by atoms with E-state index in [0.29, 0.717) is 35.2 Å².